The van der Waals surface area contributed by atoms with E-state index in [-0.39, 0.29) is 11.8 Å². The van der Waals surface area contributed by atoms with E-state index in [1.807, 2.05) is 71.6 Å². The van der Waals surface area contributed by atoms with Gasteiger partial charge < -0.3 is 14.2 Å². The number of amides is 1. The van der Waals surface area contributed by atoms with Crippen molar-refractivity contribution in [3.8, 4) is 5.75 Å². The fourth-order valence-corrected chi connectivity index (χ4v) is 4.88. The van der Waals surface area contributed by atoms with Gasteiger partial charge in [0.15, 0.2) is 0 Å². The fourth-order valence-electron chi connectivity index (χ4n) is 4.48. The summed E-state index contributed by atoms with van der Waals surface area (Å²) in [5.74, 6) is 2.03. The summed E-state index contributed by atoms with van der Waals surface area (Å²) in [6.07, 6.45) is 2.35. The molecule has 7 heteroatoms. The number of carbonyl (C=O) groups excluding carboxylic acids is 1. The summed E-state index contributed by atoms with van der Waals surface area (Å²) in [5.41, 5.74) is 3.02. The van der Waals surface area contributed by atoms with Gasteiger partial charge in [0.05, 0.1) is 17.6 Å². The summed E-state index contributed by atoms with van der Waals surface area (Å²) >= 11 is 9.40. The molecule has 4 aromatic rings. The minimum absolute atomic E-state index is 0.0638. The molecule has 0 N–H and O–H groups in total. The Labute approximate surface area is 212 Å². The molecule has 1 atom stereocenters. The minimum atomic E-state index is 0.0638. The molecule has 0 spiro atoms. The van der Waals surface area contributed by atoms with Crippen LogP contribution in [0.4, 0.5) is 5.69 Å². The molecule has 174 valence electrons. The lowest BCUT2D eigenvalue weighted by molar-refractivity contribution is -0.117. The van der Waals surface area contributed by atoms with Gasteiger partial charge in [-0.15, -0.1) is 0 Å². The lowest BCUT2D eigenvalue weighted by Gasteiger charge is -2.17. The molecule has 0 aliphatic carbocycles. The van der Waals surface area contributed by atoms with Gasteiger partial charge in [0.2, 0.25) is 5.91 Å². The van der Waals surface area contributed by atoms with Gasteiger partial charge in [-0.25, -0.2) is 4.98 Å². The number of para-hydroxylation sites is 2. The van der Waals surface area contributed by atoms with Crippen molar-refractivity contribution in [3.63, 3.8) is 0 Å². The Hall–Kier alpha value is -2.83. The molecule has 1 unspecified atom stereocenters. The first kappa shape index (κ1) is 22.9. The van der Waals surface area contributed by atoms with Crippen LogP contribution in [-0.4, -0.2) is 28.6 Å². The number of anilines is 1. The first-order valence-electron chi connectivity index (χ1n) is 11.5. The first-order valence-corrected chi connectivity index (χ1v) is 12.6. The number of aryl methyl sites for hydroxylation is 1. The van der Waals surface area contributed by atoms with Crippen LogP contribution in [0.1, 0.15) is 31.0 Å². The molecule has 1 saturated heterocycles. The molecule has 5 nitrogen and oxygen atoms in total. The Bertz CT molecular complexity index is 1290. The number of unbranched alkanes of at least 4 members (excludes halogenated alkanes) is 1. The van der Waals surface area contributed by atoms with Crippen LogP contribution in [0.3, 0.4) is 0 Å². The van der Waals surface area contributed by atoms with Crippen molar-refractivity contribution >= 4 is 50.2 Å². The first-order chi connectivity index (χ1) is 16.6. The number of rotatable bonds is 8. The van der Waals surface area contributed by atoms with Gasteiger partial charge in [0.25, 0.3) is 0 Å². The number of halogens is 2. The molecular weight excluding hydrogens is 514 g/mol. The maximum absolute atomic E-state index is 12.9. The highest BCUT2D eigenvalue weighted by molar-refractivity contribution is 9.10. The zero-order valence-corrected chi connectivity index (χ0v) is 21.0. The van der Waals surface area contributed by atoms with Crippen molar-refractivity contribution < 1.29 is 9.53 Å². The molecule has 0 saturated carbocycles. The molecule has 34 heavy (non-hydrogen) atoms. The number of aromatic nitrogens is 2. The smallest absolute Gasteiger partial charge is 0.227 e. The fraction of sp³-hybridized carbons (Fsp3) is 0.259. The van der Waals surface area contributed by atoms with E-state index in [0.29, 0.717) is 24.6 Å². The predicted molar refractivity (Wildman–Crippen MR) is 140 cm³/mol. The number of imidazole rings is 1. The third kappa shape index (κ3) is 4.98. The van der Waals surface area contributed by atoms with Gasteiger partial charge in [-0.3, -0.25) is 4.79 Å². The molecule has 0 bridgehead atoms. The third-order valence-corrected chi connectivity index (χ3v) is 6.95. The number of ether oxygens (including phenoxy) is 1. The summed E-state index contributed by atoms with van der Waals surface area (Å²) in [7, 11) is 0. The normalized spacial score (nSPS) is 15.9. The minimum Gasteiger partial charge on any atom is -0.494 e. The number of nitrogens with zero attached hydrogens (tertiary/aromatic N) is 3. The largest absolute Gasteiger partial charge is 0.494 e. The van der Waals surface area contributed by atoms with E-state index in [4.69, 9.17) is 21.3 Å². The van der Waals surface area contributed by atoms with E-state index in [0.717, 1.165) is 52.2 Å². The summed E-state index contributed by atoms with van der Waals surface area (Å²) in [5, 5.41) is 0.705. The van der Waals surface area contributed by atoms with E-state index in [1.165, 1.54) is 0 Å². The molecule has 5 rings (SSSR count). The monoisotopic (exact) mass is 537 g/mol. The van der Waals surface area contributed by atoms with Crippen molar-refractivity contribution in [3.05, 3.63) is 88.1 Å². The van der Waals surface area contributed by atoms with Crippen LogP contribution in [0.25, 0.3) is 11.0 Å². The zero-order valence-electron chi connectivity index (χ0n) is 18.7. The zero-order chi connectivity index (χ0) is 23.5. The van der Waals surface area contributed by atoms with Gasteiger partial charge in [-0.1, -0.05) is 39.7 Å². The molecular formula is C27H25BrClN3O2. The number of carbonyl (C=O) groups is 1. The summed E-state index contributed by atoms with van der Waals surface area (Å²) < 4.78 is 9.14. The average molecular weight is 539 g/mol. The summed E-state index contributed by atoms with van der Waals surface area (Å²) in [6.45, 7) is 2.12. The summed E-state index contributed by atoms with van der Waals surface area (Å²) in [4.78, 5) is 19.7. The third-order valence-electron chi connectivity index (χ3n) is 6.17. The molecule has 0 radical (unpaired) electrons. The summed E-state index contributed by atoms with van der Waals surface area (Å²) in [6, 6.07) is 23.6. The Morgan fingerprint density at radius 1 is 1.00 bits per heavy atom. The van der Waals surface area contributed by atoms with E-state index < -0.39 is 0 Å². The number of fused-ring (bicyclic) bond motifs is 1. The highest BCUT2D eigenvalue weighted by atomic mass is 79.9. The maximum Gasteiger partial charge on any atom is 0.227 e. The molecule has 1 aromatic heterocycles. The Morgan fingerprint density at radius 2 is 1.76 bits per heavy atom. The van der Waals surface area contributed by atoms with Gasteiger partial charge in [-0.2, -0.15) is 0 Å². The predicted octanol–water partition coefficient (Wildman–Crippen LogP) is 6.83. The van der Waals surface area contributed by atoms with Crippen molar-refractivity contribution in [2.45, 2.75) is 31.7 Å². The molecule has 1 aliphatic heterocycles. The van der Waals surface area contributed by atoms with Crippen LogP contribution < -0.4 is 9.64 Å². The number of hydrogen-bond acceptors (Lipinski definition) is 3. The number of hydrogen-bond donors (Lipinski definition) is 0. The van der Waals surface area contributed by atoms with Gasteiger partial charge in [0, 0.05) is 40.6 Å². The molecule has 1 fully saturated rings. The van der Waals surface area contributed by atoms with Crippen molar-refractivity contribution in [1.82, 2.24) is 9.55 Å². The standard InChI is InChI=1S/C27H25BrClN3O2/c28-20-7-11-22(12-8-20)32-18-19(17-26(32)33)27-30-24-5-1-2-6-25(24)31(27)15-3-4-16-34-23-13-9-21(29)10-14-23/h1-2,5-14,19H,3-4,15-18H2. The highest BCUT2D eigenvalue weighted by Crippen LogP contribution is 2.34. The maximum atomic E-state index is 12.9. The van der Waals surface area contributed by atoms with E-state index in [9.17, 15) is 4.79 Å². The Kier molecular flexibility index (Phi) is 6.88. The van der Waals surface area contributed by atoms with Crippen LogP contribution in [0.2, 0.25) is 5.02 Å². The van der Waals surface area contributed by atoms with Crippen LogP contribution >= 0.6 is 27.5 Å². The molecule has 3 aromatic carbocycles. The second kappa shape index (κ2) is 10.2. The van der Waals surface area contributed by atoms with Crippen LogP contribution in [-0.2, 0) is 11.3 Å². The highest BCUT2D eigenvalue weighted by Gasteiger charge is 2.34. The Morgan fingerprint density at radius 3 is 2.56 bits per heavy atom. The van der Waals surface area contributed by atoms with Gasteiger partial charge in [-0.05, 0) is 73.5 Å². The molecule has 1 amide bonds. The quantitative estimate of drug-likeness (QED) is 0.231. The van der Waals surface area contributed by atoms with Crippen LogP contribution in [0.5, 0.6) is 5.75 Å². The van der Waals surface area contributed by atoms with Crippen molar-refractivity contribution in [2.75, 3.05) is 18.1 Å². The van der Waals surface area contributed by atoms with Crippen LogP contribution in [0.15, 0.2) is 77.3 Å². The number of benzene rings is 3. The Balaban J connectivity index is 1.28. The lowest BCUT2D eigenvalue weighted by atomic mass is 10.1. The SMILES string of the molecule is O=C1CC(c2nc3ccccc3n2CCCCOc2ccc(Cl)cc2)CN1c1ccc(Br)cc1. The van der Waals surface area contributed by atoms with E-state index in [2.05, 4.69) is 26.6 Å². The van der Waals surface area contributed by atoms with Crippen LogP contribution in [0, 0.1) is 0 Å². The van der Waals surface area contributed by atoms with Crippen molar-refractivity contribution in [1.29, 1.82) is 0 Å². The van der Waals surface area contributed by atoms with Gasteiger partial charge in [0.1, 0.15) is 11.6 Å². The van der Waals surface area contributed by atoms with Crippen molar-refractivity contribution in [2.24, 2.45) is 0 Å². The molecule has 1 aliphatic rings. The average Bonchev–Trinajstić information content (AvgIpc) is 3.41. The second-order valence-corrected chi connectivity index (χ2v) is 9.85. The molecule has 2 heterocycles. The topological polar surface area (TPSA) is 47.4 Å². The lowest BCUT2D eigenvalue weighted by Crippen LogP contribution is -2.24. The van der Waals surface area contributed by atoms with Gasteiger partial charge >= 0.3 is 0 Å². The second-order valence-electron chi connectivity index (χ2n) is 8.50. The van der Waals surface area contributed by atoms with E-state index in [1.54, 1.807) is 0 Å². The van der Waals surface area contributed by atoms with E-state index >= 15 is 0 Å².